The van der Waals surface area contributed by atoms with Gasteiger partial charge >= 0.3 is 0 Å². The summed E-state index contributed by atoms with van der Waals surface area (Å²) in [5, 5.41) is 0. The van der Waals surface area contributed by atoms with Gasteiger partial charge in [-0.05, 0) is 25.5 Å². The number of amides is 1. The maximum atomic E-state index is 12.1. The molecule has 3 heteroatoms. The molecule has 3 nitrogen and oxygen atoms in total. The van der Waals surface area contributed by atoms with Crippen LogP contribution in [0, 0.1) is 0 Å². The molecule has 1 aromatic carbocycles. The molecule has 1 aromatic rings. The fraction of sp³-hybridized carbons (Fsp3) is 0.231. The van der Waals surface area contributed by atoms with Gasteiger partial charge in [0.25, 0.3) is 5.91 Å². The van der Waals surface area contributed by atoms with Gasteiger partial charge in [0.1, 0.15) is 5.84 Å². The lowest BCUT2D eigenvalue weighted by Crippen LogP contribution is -2.30. The van der Waals surface area contributed by atoms with E-state index in [4.69, 9.17) is 0 Å². The standard InChI is InChI=1S/C13H12N2O/c1-9-11-7-8-14-12(11)15(13(9)16)10-5-3-2-4-6-10/h2-6H,7-8H2,1H3. The summed E-state index contributed by atoms with van der Waals surface area (Å²) in [6.45, 7) is 2.69. The molecule has 2 aliphatic rings. The Morgan fingerprint density at radius 3 is 2.75 bits per heavy atom. The molecule has 0 aromatic heterocycles. The van der Waals surface area contributed by atoms with Crippen LogP contribution in [0.2, 0.25) is 0 Å². The number of hydrogen-bond acceptors (Lipinski definition) is 2. The van der Waals surface area contributed by atoms with Crippen LogP contribution in [0.25, 0.3) is 0 Å². The second-order valence-electron chi connectivity index (χ2n) is 4.03. The maximum absolute atomic E-state index is 12.1. The summed E-state index contributed by atoms with van der Waals surface area (Å²) in [6.07, 6.45) is 0.899. The number of fused-ring (bicyclic) bond motifs is 1. The predicted molar refractivity (Wildman–Crippen MR) is 63.5 cm³/mol. The molecule has 1 amide bonds. The normalized spacial score (nSPS) is 19.2. The third kappa shape index (κ3) is 1.14. The van der Waals surface area contributed by atoms with Gasteiger partial charge in [0.05, 0.1) is 5.69 Å². The van der Waals surface area contributed by atoms with E-state index in [9.17, 15) is 4.79 Å². The fourth-order valence-electron chi connectivity index (χ4n) is 2.25. The molecule has 0 aliphatic carbocycles. The third-order valence-electron chi connectivity index (χ3n) is 3.10. The molecule has 0 spiro atoms. The van der Waals surface area contributed by atoms with Gasteiger partial charge in [-0.25, -0.2) is 0 Å². The topological polar surface area (TPSA) is 32.7 Å². The van der Waals surface area contributed by atoms with E-state index in [-0.39, 0.29) is 5.91 Å². The van der Waals surface area contributed by atoms with E-state index >= 15 is 0 Å². The average Bonchev–Trinajstić information content (AvgIpc) is 2.86. The van der Waals surface area contributed by atoms with Gasteiger partial charge in [0, 0.05) is 17.7 Å². The molecular weight excluding hydrogens is 200 g/mol. The summed E-state index contributed by atoms with van der Waals surface area (Å²) in [5.41, 5.74) is 2.87. The predicted octanol–water partition coefficient (Wildman–Crippen LogP) is 2.15. The van der Waals surface area contributed by atoms with Crippen LogP contribution in [-0.2, 0) is 4.79 Å². The van der Waals surface area contributed by atoms with Crippen LogP contribution in [0.4, 0.5) is 5.69 Å². The van der Waals surface area contributed by atoms with Crippen molar-refractivity contribution in [3.05, 3.63) is 41.5 Å². The molecule has 3 rings (SSSR count). The van der Waals surface area contributed by atoms with Gasteiger partial charge in [-0.1, -0.05) is 18.2 Å². The molecule has 0 N–H and O–H groups in total. The SMILES string of the molecule is CC1=C2CCN=C2N(c2ccccc2)C1=O. The first-order valence-corrected chi connectivity index (χ1v) is 5.43. The van der Waals surface area contributed by atoms with Crippen molar-refractivity contribution < 1.29 is 4.79 Å². The zero-order valence-corrected chi connectivity index (χ0v) is 9.10. The van der Waals surface area contributed by atoms with Crippen molar-refractivity contribution >= 4 is 17.4 Å². The van der Waals surface area contributed by atoms with Crippen LogP contribution in [-0.4, -0.2) is 18.3 Å². The minimum absolute atomic E-state index is 0.0691. The van der Waals surface area contributed by atoms with Crippen LogP contribution < -0.4 is 4.90 Å². The largest absolute Gasteiger partial charge is 0.269 e. The number of benzene rings is 1. The van der Waals surface area contributed by atoms with Crippen LogP contribution in [0.3, 0.4) is 0 Å². The van der Waals surface area contributed by atoms with Gasteiger partial charge in [-0.2, -0.15) is 0 Å². The number of nitrogens with zero attached hydrogens (tertiary/aromatic N) is 2. The summed E-state index contributed by atoms with van der Waals surface area (Å²) in [4.78, 5) is 18.2. The van der Waals surface area contributed by atoms with Gasteiger partial charge in [-0.15, -0.1) is 0 Å². The molecule has 0 bridgehead atoms. The van der Waals surface area contributed by atoms with Crippen molar-refractivity contribution in [1.29, 1.82) is 0 Å². The minimum Gasteiger partial charge on any atom is -0.269 e. The number of amidine groups is 1. The van der Waals surface area contributed by atoms with E-state index in [1.807, 2.05) is 37.3 Å². The second kappa shape index (κ2) is 3.30. The van der Waals surface area contributed by atoms with Crippen molar-refractivity contribution in [1.82, 2.24) is 0 Å². The lowest BCUT2D eigenvalue weighted by molar-refractivity contribution is -0.113. The Bertz CT molecular complexity index is 514. The molecular formula is C13H12N2O. The number of aliphatic imine (C=N–C) groups is 1. The Labute approximate surface area is 94.1 Å². The van der Waals surface area contributed by atoms with Crippen molar-refractivity contribution in [3.63, 3.8) is 0 Å². The average molecular weight is 212 g/mol. The van der Waals surface area contributed by atoms with E-state index in [1.54, 1.807) is 4.90 Å². The smallest absolute Gasteiger partial charge is 0.260 e. The van der Waals surface area contributed by atoms with E-state index in [0.717, 1.165) is 35.6 Å². The second-order valence-corrected chi connectivity index (χ2v) is 4.03. The Kier molecular flexibility index (Phi) is 1.93. The van der Waals surface area contributed by atoms with Crippen molar-refractivity contribution in [3.8, 4) is 0 Å². The number of rotatable bonds is 1. The van der Waals surface area contributed by atoms with Crippen LogP contribution in [0.5, 0.6) is 0 Å². The first kappa shape index (κ1) is 9.33. The summed E-state index contributed by atoms with van der Waals surface area (Å²) in [7, 11) is 0. The van der Waals surface area contributed by atoms with Gasteiger partial charge in [0.2, 0.25) is 0 Å². The summed E-state index contributed by atoms with van der Waals surface area (Å²) in [5.74, 6) is 0.924. The maximum Gasteiger partial charge on any atom is 0.260 e. The van der Waals surface area contributed by atoms with Crippen molar-refractivity contribution in [2.75, 3.05) is 11.4 Å². The molecule has 2 heterocycles. The molecule has 0 unspecified atom stereocenters. The minimum atomic E-state index is 0.0691. The zero-order valence-electron chi connectivity index (χ0n) is 9.10. The first-order chi connectivity index (χ1) is 7.79. The molecule has 80 valence electrons. The van der Waals surface area contributed by atoms with E-state index < -0.39 is 0 Å². The molecule has 0 radical (unpaired) electrons. The Hall–Kier alpha value is -1.90. The van der Waals surface area contributed by atoms with E-state index in [1.165, 1.54) is 0 Å². The Morgan fingerprint density at radius 1 is 1.25 bits per heavy atom. The number of carbonyl (C=O) groups excluding carboxylic acids is 1. The molecule has 0 saturated heterocycles. The van der Waals surface area contributed by atoms with Crippen LogP contribution in [0.15, 0.2) is 46.5 Å². The van der Waals surface area contributed by atoms with E-state index in [0.29, 0.717) is 0 Å². The first-order valence-electron chi connectivity index (χ1n) is 5.43. The molecule has 2 aliphatic heterocycles. The number of hydrogen-bond donors (Lipinski definition) is 0. The summed E-state index contributed by atoms with van der Waals surface area (Å²) < 4.78 is 0. The zero-order chi connectivity index (χ0) is 11.1. The van der Waals surface area contributed by atoms with Gasteiger partial charge in [0.15, 0.2) is 0 Å². The molecule has 0 atom stereocenters. The Balaban J connectivity index is 2.09. The highest BCUT2D eigenvalue weighted by molar-refractivity contribution is 6.35. The highest BCUT2D eigenvalue weighted by Gasteiger charge is 2.36. The lowest BCUT2D eigenvalue weighted by atomic mass is 10.1. The number of anilines is 1. The summed E-state index contributed by atoms with van der Waals surface area (Å²) >= 11 is 0. The third-order valence-corrected chi connectivity index (χ3v) is 3.10. The van der Waals surface area contributed by atoms with E-state index in [2.05, 4.69) is 4.99 Å². The van der Waals surface area contributed by atoms with Gasteiger partial charge < -0.3 is 0 Å². The highest BCUT2D eigenvalue weighted by atomic mass is 16.2. The lowest BCUT2D eigenvalue weighted by Gasteiger charge is -2.16. The van der Waals surface area contributed by atoms with Crippen LogP contribution in [0.1, 0.15) is 13.3 Å². The summed E-state index contributed by atoms with van der Waals surface area (Å²) in [6, 6.07) is 9.70. The number of carbonyl (C=O) groups is 1. The Morgan fingerprint density at radius 2 is 2.00 bits per heavy atom. The van der Waals surface area contributed by atoms with Crippen molar-refractivity contribution in [2.45, 2.75) is 13.3 Å². The fourth-order valence-corrected chi connectivity index (χ4v) is 2.25. The quantitative estimate of drug-likeness (QED) is 0.702. The molecule has 0 fully saturated rings. The van der Waals surface area contributed by atoms with Crippen LogP contribution >= 0.6 is 0 Å². The highest BCUT2D eigenvalue weighted by Crippen LogP contribution is 2.32. The number of para-hydroxylation sites is 1. The molecule has 0 saturated carbocycles. The van der Waals surface area contributed by atoms with Crippen molar-refractivity contribution in [2.24, 2.45) is 4.99 Å². The van der Waals surface area contributed by atoms with Gasteiger partial charge in [-0.3, -0.25) is 14.7 Å². The molecule has 16 heavy (non-hydrogen) atoms. The monoisotopic (exact) mass is 212 g/mol.